The van der Waals surface area contributed by atoms with Crippen molar-refractivity contribution in [2.75, 3.05) is 13.1 Å². The predicted octanol–water partition coefficient (Wildman–Crippen LogP) is 6.26. The zero-order chi connectivity index (χ0) is 25.4. The number of piperidine rings is 1. The number of likely N-dealkylation sites (tertiary alicyclic amines) is 1. The van der Waals surface area contributed by atoms with E-state index in [4.69, 9.17) is 4.74 Å². The molecular formula is C27H28BrNO5S. The third-order valence-electron chi connectivity index (χ3n) is 6.05. The van der Waals surface area contributed by atoms with Crippen molar-refractivity contribution in [2.24, 2.45) is 5.92 Å². The van der Waals surface area contributed by atoms with E-state index in [2.05, 4.69) is 15.9 Å². The van der Waals surface area contributed by atoms with Crippen LogP contribution in [0.4, 0.5) is 4.79 Å². The Morgan fingerprint density at radius 3 is 2.09 bits per heavy atom. The molecule has 0 radical (unpaired) electrons. The van der Waals surface area contributed by atoms with Gasteiger partial charge >= 0.3 is 6.09 Å². The molecular weight excluding hydrogens is 530 g/mol. The Bertz CT molecular complexity index is 1370. The summed E-state index contributed by atoms with van der Waals surface area (Å²) in [5.74, 6) is -0.245. The van der Waals surface area contributed by atoms with Crippen LogP contribution in [0, 0.1) is 5.92 Å². The minimum absolute atomic E-state index is 0.0333. The molecule has 6 nitrogen and oxygen atoms in total. The third-order valence-corrected chi connectivity index (χ3v) is 8.31. The molecule has 4 rings (SSSR count). The zero-order valence-corrected chi connectivity index (χ0v) is 22.4. The molecule has 0 saturated carbocycles. The van der Waals surface area contributed by atoms with E-state index in [9.17, 15) is 18.0 Å². The van der Waals surface area contributed by atoms with Crippen LogP contribution in [0.1, 0.15) is 44.0 Å². The number of hydrogen-bond donors (Lipinski definition) is 0. The lowest BCUT2D eigenvalue weighted by Crippen LogP contribution is -2.43. The van der Waals surface area contributed by atoms with E-state index in [1.807, 2.05) is 39.0 Å². The van der Waals surface area contributed by atoms with Gasteiger partial charge in [-0.25, -0.2) is 13.2 Å². The summed E-state index contributed by atoms with van der Waals surface area (Å²) in [5, 5.41) is 1.77. The average Bonchev–Trinajstić information content (AvgIpc) is 2.82. The first-order valence-corrected chi connectivity index (χ1v) is 13.8. The number of ketones is 1. The van der Waals surface area contributed by atoms with Gasteiger partial charge < -0.3 is 9.64 Å². The van der Waals surface area contributed by atoms with Gasteiger partial charge in [0.1, 0.15) is 5.60 Å². The lowest BCUT2D eigenvalue weighted by atomic mass is 9.89. The van der Waals surface area contributed by atoms with Gasteiger partial charge in [-0.2, -0.15) is 0 Å². The van der Waals surface area contributed by atoms with Gasteiger partial charge in [0.05, 0.1) is 9.79 Å². The standard InChI is InChI=1S/C27H28BrNO5S/c1-27(2,3)34-26(31)29-14-12-19(13-15-29)25(30)18-5-9-23(10-6-18)35(32,33)24-11-7-20-16-22(28)8-4-21(20)17-24/h4-11,16-17,19H,12-15H2,1-3H3. The Morgan fingerprint density at radius 2 is 1.46 bits per heavy atom. The fourth-order valence-electron chi connectivity index (χ4n) is 4.18. The number of halogens is 1. The molecule has 1 fully saturated rings. The second-order valence-corrected chi connectivity index (χ2v) is 12.7. The van der Waals surface area contributed by atoms with Gasteiger partial charge in [0.2, 0.25) is 9.84 Å². The first kappa shape index (κ1) is 25.4. The number of sulfone groups is 1. The lowest BCUT2D eigenvalue weighted by Gasteiger charge is -2.33. The van der Waals surface area contributed by atoms with Crippen LogP contribution in [-0.4, -0.2) is 43.9 Å². The van der Waals surface area contributed by atoms with Crippen LogP contribution in [0.3, 0.4) is 0 Å². The van der Waals surface area contributed by atoms with Crippen molar-refractivity contribution < 1.29 is 22.7 Å². The molecule has 0 N–H and O–H groups in total. The van der Waals surface area contributed by atoms with E-state index in [1.54, 1.807) is 35.2 Å². The number of benzene rings is 3. The zero-order valence-electron chi connectivity index (χ0n) is 20.0. The molecule has 1 saturated heterocycles. The van der Waals surface area contributed by atoms with Gasteiger partial charge in [-0.15, -0.1) is 0 Å². The van der Waals surface area contributed by atoms with E-state index in [-0.39, 0.29) is 27.6 Å². The maximum absolute atomic E-state index is 13.2. The largest absolute Gasteiger partial charge is 0.444 e. The van der Waals surface area contributed by atoms with Crippen molar-refractivity contribution >= 4 is 48.4 Å². The summed E-state index contributed by atoms with van der Waals surface area (Å²) in [6.45, 7) is 6.38. The number of carbonyl (C=O) groups excluding carboxylic acids is 2. The second-order valence-electron chi connectivity index (χ2n) is 9.79. The molecule has 0 aliphatic carbocycles. The molecule has 0 bridgehead atoms. The summed E-state index contributed by atoms with van der Waals surface area (Å²) < 4.78 is 32.7. The second kappa shape index (κ2) is 9.74. The van der Waals surface area contributed by atoms with Gasteiger partial charge in [-0.05, 0) is 80.8 Å². The SMILES string of the molecule is CC(C)(C)OC(=O)N1CCC(C(=O)c2ccc(S(=O)(=O)c3ccc4cc(Br)ccc4c3)cc2)CC1. The van der Waals surface area contributed by atoms with E-state index < -0.39 is 15.4 Å². The van der Waals surface area contributed by atoms with Crippen LogP contribution in [0.2, 0.25) is 0 Å². The summed E-state index contributed by atoms with van der Waals surface area (Å²) in [7, 11) is -3.72. The van der Waals surface area contributed by atoms with Gasteiger partial charge in [0.25, 0.3) is 0 Å². The van der Waals surface area contributed by atoms with Crippen LogP contribution < -0.4 is 0 Å². The highest BCUT2D eigenvalue weighted by Gasteiger charge is 2.30. The molecule has 8 heteroatoms. The number of fused-ring (bicyclic) bond motifs is 1. The minimum atomic E-state index is -3.72. The minimum Gasteiger partial charge on any atom is -0.444 e. The number of ether oxygens (including phenoxy) is 1. The van der Waals surface area contributed by atoms with Crippen molar-refractivity contribution in [2.45, 2.75) is 49.0 Å². The normalized spacial score (nSPS) is 15.3. The fourth-order valence-corrected chi connectivity index (χ4v) is 5.86. The van der Waals surface area contributed by atoms with Crippen LogP contribution in [-0.2, 0) is 14.6 Å². The maximum atomic E-state index is 13.2. The molecule has 1 heterocycles. The summed E-state index contributed by atoms with van der Waals surface area (Å²) in [5.41, 5.74) is -0.0847. The van der Waals surface area contributed by atoms with Crippen LogP contribution in [0.25, 0.3) is 10.8 Å². The summed E-state index contributed by atoms with van der Waals surface area (Å²) >= 11 is 3.42. The van der Waals surface area contributed by atoms with Crippen LogP contribution >= 0.6 is 15.9 Å². The molecule has 0 unspecified atom stereocenters. The highest BCUT2D eigenvalue weighted by atomic mass is 79.9. The first-order valence-electron chi connectivity index (χ1n) is 11.5. The number of nitrogens with zero attached hydrogens (tertiary/aromatic N) is 1. The topological polar surface area (TPSA) is 80.8 Å². The van der Waals surface area contributed by atoms with E-state index in [0.717, 1.165) is 15.2 Å². The molecule has 1 amide bonds. The summed E-state index contributed by atoms with van der Waals surface area (Å²) in [6.07, 6.45) is 0.732. The monoisotopic (exact) mass is 557 g/mol. The van der Waals surface area contributed by atoms with Crippen LogP contribution in [0.15, 0.2) is 74.9 Å². The van der Waals surface area contributed by atoms with Gasteiger partial charge in [0.15, 0.2) is 5.78 Å². The van der Waals surface area contributed by atoms with Crippen molar-refractivity contribution in [1.29, 1.82) is 0 Å². The number of rotatable bonds is 4. The fraction of sp³-hybridized carbons (Fsp3) is 0.333. The van der Waals surface area contributed by atoms with Crippen molar-refractivity contribution in [3.05, 3.63) is 70.7 Å². The Labute approximate surface area is 214 Å². The van der Waals surface area contributed by atoms with Gasteiger partial charge in [-0.1, -0.05) is 40.2 Å². The third kappa shape index (κ3) is 5.76. The Morgan fingerprint density at radius 1 is 0.886 bits per heavy atom. The highest BCUT2D eigenvalue weighted by molar-refractivity contribution is 9.10. The van der Waals surface area contributed by atoms with Crippen LogP contribution in [0.5, 0.6) is 0 Å². The van der Waals surface area contributed by atoms with Crippen molar-refractivity contribution in [3.8, 4) is 0 Å². The molecule has 3 aromatic rings. The average molecular weight is 558 g/mol. The maximum Gasteiger partial charge on any atom is 0.410 e. The van der Waals surface area contributed by atoms with Crippen molar-refractivity contribution in [1.82, 2.24) is 4.90 Å². The van der Waals surface area contributed by atoms with E-state index in [1.165, 1.54) is 12.1 Å². The molecule has 3 aromatic carbocycles. The number of Topliss-reactive ketones (excluding diaryl/α,β-unsaturated/α-hetero) is 1. The Kier molecular flexibility index (Phi) is 7.06. The molecule has 1 aliphatic rings. The van der Waals surface area contributed by atoms with Crippen molar-refractivity contribution in [3.63, 3.8) is 0 Å². The van der Waals surface area contributed by atoms with Gasteiger partial charge in [0, 0.05) is 29.0 Å². The number of hydrogen-bond acceptors (Lipinski definition) is 5. The quantitative estimate of drug-likeness (QED) is 0.353. The number of carbonyl (C=O) groups is 2. The smallest absolute Gasteiger partial charge is 0.410 e. The van der Waals surface area contributed by atoms with E-state index >= 15 is 0 Å². The summed E-state index contributed by atoms with van der Waals surface area (Å²) in [4.78, 5) is 27.3. The number of amides is 1. The highest BCUT2D eigenvalue weighted by Crippen LogP contribution is 2.28. The molecule has 0 spiro atoms. The Hall–Kier alpha value is -2.71. The molecule has 0 atom stereocenters. The predicted molar refractivity (Wildman–Crippen MR) is 138 cm³/mol. The Balaban J connectivity index is 1.44. The van der Waals surface area contributed by atoms with Gasteiger partial charge in [-0.3, -0.25) is 4.79 Å². The molecule has 184 valence electrons. The first-order chi connectivity index (χ1) is 16.4. The molecule has 1 aliphatic heterocycles. The lowest BCUT2D eigenvalue weighted by molar-refractivity contribution is 0.0182. The van der Waals surface area contributed by atoms with E-state index in [0.29, 0.717) is 31.5 Å². The molecule has 0 aromatic heterocycles. The molecule has 35 heavy (non-hydrogen) atoms. The summed E-state index contributed by atoms with van der Waals surface area (Å²) in [6, 6.07) is 16.9.